The fourth-order valence-electron chi connectivity index (χ4n) is 19.0. The average molecular weight is 1340 g/mol. The number of ether oxygens (including phenoxy) is 14. The van der Waals surface area contributed by atoms with E-state index in [4.69, 9.17) is 66.3 Å². The van der Waals surface area contributed by atoms with Crippen molar-refractivity contribution >= 4 is 0 Å². The molecule has 0 unspecified atom stereocenters. The second kappa shape index (κ2) is 28.3. The van der Waals surface area contributed by atoms with Gasteiger partial charge in [0.15, 0.2) is 43.5 Å². The van der Waals surface area contributed by atoms with E-state index in [-0.39, 0.29) is 28.8 Å². The molecule has 4 aliphatic carbocycles. The number of aliphatic hydroxyl groups is 16. The molecule has 12 rings (SSSR count). The summed E-state index contributed by atoms with van der Waals surface area (Å²) in [5.41, 5.74) is 0.0155. The monoisotopic (exact) mass is 1340 g/mol. The Balaban J connectivity index is 0.836. The first-order valence-electron chi connectivity index (χ1n) is 34.0. The molecule has 8 aliphatic heterocycles. The number of aliphatic hydroxyl groups excluding tert-OH is 16. The van der Waals surface area contributed by atoms with Crippen LogP contribution in [0.1, 0.15) is 112 Å². The molecule has 8 heterocycles. The summed E-state index contributed by atoms with van der Waals surface area (Å²) in [5, 5.41) is 177. The Kier molecular flexibility index (Phi) is 21.8. The second-order valence-electron chi connectivity index (χ2n) is 29.8. The van der Waals surface area contributed by atoms with E-state index in [2.05, 4.69) is 27.7 Å². The first kappa shape index (κ1) is 71.6. The number of hydrogen-bond donors (Lipinski definition) is 16. The lowest BCUT2D eigenvalue weighted by Gasteiger charge is -2.64. The summed E-state index contributed by atoms with van der Waals surface area (Å²) < 4.78 is 88.2. The second-order valence-corrected chi connectivity index (χ2v) is 29.8. The Morgan fingerprint density at radius 1 is 0.409 bits per heavy atom. The Labute approximate surface area is 540 Å². The highest BCUT2D eigenvalue weighted by Gasteiger charge is 2.68. The lowest BCUT2D eigenvalue weighted by atomic mass is 9.41. The Hall–Kier alpha value is -1.20. The summed E-state index contributed by atoms with van der Waals surface area (Å²) in [6.07, 6.45) is -42.2. The predicted molar refractivity (Wildman–Crippen MR) is 309 cm³/mol. The van der Waals surface area contributed by atoms with Gasteiger partial charge in [-0.05, 0) is 124 Å². The molecule has 0 bridgehead atoms. The van der Waals surface area contributed by atoms with Gasteiger partial charge < -0.3 is 148 Å². The van der Waals surface area contributed by atoms with Crippen molar-refractivity contribution in [2.75, 3.05) is 33.0 Å². The summed E-state index contributed by atoms with van der Waals surface area (Å²) >= 11 is 0. The maximum absolute atomic E-state index is 12.5. The molecular formula is C63H104O30. The van der Waals surface area contributed by atoms with Crippen molar-refractivity contribution in [2.24, 2.45) is 52.3 Å². The van der Waals surface area contributed by atoms with Crippen LogP contribution in [0.15, 0.2) is 0 Å². The van der Waals surface area contributed by atoms with Crippen molar-refractivity contribution in [1.82, 2.24) is 0 Å². The molecular weight excluding hydrogens is 1240 g/mol. The highest BCUT2D eigenvalue weighted by molar-refractivity contribution is 5.14. The van der Waals surface area contributed by atoms with Gasteiger partial charge in [-0.1, -0.05) is 27.7 Å². The van der Waals surface area contributed by atoms with Crippen LogP contribution in [-0.2, 0) is 66.3 Å². The van der Waals surface area contributed by atoms with E-state index in [1.807, 2.05) is 0 Å². The Morgan fingerprint density at radius 2 is 0.925 bits per heavy atom. The van der Waals surface area contributed by atoms with Gasteiger partial charge in [-0.15, -0.1) is 0 Å². The molecule has 0 amide bonds. The zero-order valence-corrected chi connectivity index (χ0v) is 53.6. The molecule has 0 aromatic heterocycles. The molecule has 0 aromatic rings. The van der Waals surface area contributed by atoms with E-state index in [0.717, 1.165) is 57.8 Å². The van der Waals surface area contributed by atoms with Crippen LogP contribution in [0.5, 0.6) is 0 Å². The molecule has 16 N–H and O–H groups in total. The average Bonchev–Trinajstić information content (AvgIpc) is 1.66. The third-order valence-corrected chi connectivity index (χ3v) is 24.4. The summed E-state index contributed by atoms with van der Waals surface area (Å²) in [6, 6.07) is 0. The zero-order chi connectivity index (χ0) is 66.7. The van der Waals surface area contributed by atoms with E-state index in [1.54, 1.807) is 0 Å². The van der Waals surface area contributed by atoms with Gasteiger partial charge in [0.05, 0.1) is 57.5 Å². The summed E-state index contributed by atoms with van der Waals surface area (Å²) in [4.78, 5) is 0. The first-order valence-corrected chi connectivity index (χ1v) is 34.0. The van der Waals surface area contributed by atoms with Gasteiger partial charge in [0.2, 0.25) is 0 Å². The minimum atomic E-state index is -2.09. The summed E-state index contributed by atoms with van der Waals surface area (Å²) in [7, 11) is 0. The van der Waals surface area contributed by atoms with Crippen molar-refractivity contribution in [3.8, 4) is 0 Å². The van der Waals surface area contributed by atoms with E-state index < -0.39 is 216 Å². The van der Waals surface area contributed by atoms with Crippen LogP contribution < -0.4 is 0 Å². The van der Waals surface area contributed by atoms with Crippen LogP contribution >= 0.6 is 0 Å². The van der Waals surface area contributed by atoms with E-state index in [0.29, 0.717) is 49.0 Å². The largest absolute Gasteiger partial charge is 0.394 e. The van der Waals surface area contributed by atoms with Crippen molar-refractivity contribution in [3.63, 3.8) is 0 Å². The van der Waals surface area contributed by atoms with Gasteiger partial charge in [-0.3, -0.25) is 0 Å². The van der Waals surface area contributed by atoms with Crippen LogP contribution in [0, 0.1) is 52.3 Å². The molecule has 12 aliphatic rings. The third kappa shape index (κ3) is 13.0. The third-order valence-electron chi connectivity index (χ3n) is 24.4. The lowest BCUT2D eigenvalue weighted by Crippen LogP contribution is -2.69. The number of fused-ring (bicyclic) bond motifs is 7. The van der Waals surface area contributed by atoms with Crippen LogP contribution in [-0.4, -0.2) is 311 Å². The van der Waals surface area contributed by atoms with Gasteiger partial charge >= 0.3 is 0 Å². The zero-order valence-electron chi connectivity index (χ0n) is 53.6. The predicted octanol–water partition coefficient (Wildman–Crippen LogP) is -4.18. The molecule has 8 saturated heterocycles. The molecule has 4 saturated carbocycles. The minimum absolute atomic E-state index is 0.0696. The van der Waals surface area contributed by atoms with Crippen molar-refractivity contribution < 1.29 is 148 Å². The first-order chi connectivity index (χ1) is 44.2. The van der Waals surface area contributed by atoms with Gasteiger partial charge in [0.1, 0.15) is 128 Å². The van der Waals surface area contributed by atoms with Crippen LogP contribution in [0.25, 0.3) is 0 Å². The molecule has 1 spiro atoms. The van der Waals surface area contributed by atoms with Crippen molar-refractivity contribution in [3.05, 3.63) is 0 Å². The van der Waals surface area contributed by atoms with Crippen molar-refractivity contribution in [2.45, 2.75) is 308 Å². The van der Waals surface area contributed by atoms with Gasteiger partial charge in [-0.2, -0.15) is 0 Å². The molecule has 93 heavy (non-hydrogen) atoms. The highest BCUT2D eigenvalue weighted by atomic mass is 16.8. The van der Waals surface area contributed by atoms with Crippen LogP contribution in [0.4, 0.5) is 0 Å². The van der Waals surface area contributed by atoms with E-state index >= 15 is 0 Å². The minimum Gasteiger partial charge on any atom is -0.394 e. The van der Waals surface area contributed by atoms with Gasteiger partial charge in [-0.25, -0.2) is 0 Å². The van der Waals surface area contributed by atoms with Gasteiger partial charge in [0, 0.05) is 12.3 Å². The molecule has 12 fully saturated rings. The highest BCUT2D eigenvalue weighted by Crippen LogP contribution is 2.70. The quantitative estimate of drug-likeness (QED) is 0.0692. The fourth-order valence-corrected chi connectivity index (χ4v) is 19.0. The molecule has 0 radical (unpaired) electrons. The summed E-state index contributed by atoms with van der Waals surface area (Å²) in [5.74, 6) is 2.27. The lowest BCUT2D eigenvalue weighted by molar-refractivity contribution is -0.417. The van der Waals surface area contributed by atoms with Crippen molar-refractivity contribution in [1.29, 1.82) is 0 Å². The summed E-state index contributed by atoms with van der Waals surface area (Å²) in [6.45, 7) is 9.85. The maximum atomic E-state index is 12.5. The molecule has 0 aromatic carbocycles. The maximum Gasteiger partial charge on any atom is 0.187 e. The molecule has 30 nitrogen and oxygen atoms in total. The number of hydrogen-bond acceptors (Lipinski definition) is 30. The smallest absolute Gasteiger partial charge is 0.187 e. The van der Waals surface area contributed by atoms with Crippen LogP contribution in [0.2, 0.25) is 0 Å². The topological polar surface area (TPSA) is 453 Å². The molecule has 536 valence electrons. The SMILES string of the molecule is C[C@@H]1CC[C@@]2(OC1)O[C@H]1CC[C@H]3[C@@H]4CC[C@H]5C[C@@H](O[C@@H]6O[C@H](CO)[C@@H](O)[C@H](O[C@@H]7O[C@H](CO)[C@@H](O)[C@H](O[C@@H]8O[C@H](CO)[C@@H](O)[C@H](O)[C@H]8O)[C@H]7O[C@@H]7O[C@@H](C)[C@H](O)[C@@H](O)[C@H]7O)[C@H]6O[C@@H]6O[C@@H](C)[C@H](O[C@@H]7OC[C@@H](O)[C@H](O)[C@H]7O)[C@@H](O)[C@H]6O)CC[C@]5(C)[C@H]4CC[C@]3(C)[C@H]1[C@@H]2C. The standard InChI is InChI=1S/C63H104O30/c1-23-11-16-63(81-21-23)24(2)37-33(93-63)10-9-30-29-8-7-27-17-28(12-14-61(27,5)31(29)13-15-62(30,37)6)84-59-53(91-57-49(79)45(75)50(26(4)83-57)88-55-46(76)39(69)32(67)22-80-55)52(42(72)35(19-65)86-59)90-60-54(92-56-47(77)43(73)38(68)25(3)82-56)51(41(71)36(20-66)87-60)89-58-48(78)44(74)40(70)34(18-64)85-58/h23-60,64-79H,7-22H2,1-6H3/t23-,24+,25+,26+,27+,28+,29+,30+,31+,32-,33+,34-,35-,36-,37+,38+,39+,40-,41-,42-,43-,44+,45+,46-,47-,48-,49-,50+,51+,52+,53-,54-,55+,56+,57+,58+,59-,60+,61+,62+,63-/m1/s1. The van der Waals surface area contributed by atoms with Crippen LogP contribution in [0.3, 0.4) is 0 Å². The molecule has 41 atom stereocenters. The van der Waals surface area contributed by atoms with E-state index in [1.165, 1.54) is 13.8 Å². The fraction of sp³-hybridized carbons (Fsp3) is 1.00. The molecule has 30 heteroatoms. The Bertz CT molecular complexity index is 2450. The number of rotatable bonds is 15. The van der Waals surface area contributed by atoms with Gasteiger partial charge in [0.25, 0.3) is 0 Å². The normalized spacial score (nSPS) is 57.6. The Morgan fingerprint density at radius 3 is 1.55 bits per heavy atom. The van der Waals surface area contributed by atoms with E-state index in [9.17, 15) is 81.7 Å².